The van der Waals surface area contributed by atoms with Crippen molar-refractivity contribution in [3.05, 3.63) is 63.7 Å². The first-order chi connectivity index (χ1) is 14.6. The zero-order valence-corrected chi connectivity index (χ0v) is 20.4. The molecule has 1 heterocycles. The Labute approximate surface area is 198 Å². The van der Waals surface area contributed by atoms with E-state index in [9.17, 15) is 4.79 Å². The minimum Gasteiger partial charge on any atom is -0.493 e. The predicted octanol–water partition coefficient (Wildman–Crippen LogP) is 6.57. The quantitative estimate of drug-likeness (QED) is 0.263. The van der Waals surface area contributed by atoms with E-state index in [0.29, 0.717) is 6.42 Å². The Kier molecular flexibility index (Phi) is 10.9. The molecule has 0 atom stereocenters. The molecule has 1 aliphatic rings. The Morgan fingerprint density at radius 3 is 2.65 bits per heavy atom. The van der Waals surface area contributed by atoms with Crippen LogP contribution in [0.2, 0.25) is 5.02 Å². The van der Waals surface area contributed by atoms with Gasteiger partial charge in [-0.1, -0.05) is 43.1 Å². The fourth-order valence-corrected chi connectivity index (χ4v) is 4.27. The lowest BCUT2D eigenvalue weighted by molar-refractivity contribution is 0.0978. The second-order valence-corrected chi connectivity index (χ2v) is 8.76. The number of rotatable bonds is 12. The number of unbranched alkanes of at least 4 members (excludes halogenated alkanes) is 2. The lowest BCUT2D eigenvalue weighted by Crippen LogP contribution is -2.22. The summed E-state index contributed by atoms with van der Waals surface area (Å²) in [4.78, 5) is 15.1. The molecule has 0 saturated heterocycles. The molecule has 0 spiro atoms. The first-order valence-corrected chi connectivity index (χ1v) is 11.7. The summed E-state index contributed by atoms with van der Waals surface area (Å²) in [6, 6.07) is 12.2. The number of ether oxygens (including phenoxy) is 1. The van der Waals surface area contributed by atoms with Gasteiger partial charge in [-0.05, 0) is 80.6 Å². The normalized spacial score (nSPS) is 12.4. The van der Waals surface area contributed by atoms with Crippen molar-refractivity contribution < 1.29 is 9.53 Å². The van der Waals surface area contributed by atoms with Gasteiger partial charge in [0.2, 0.25) is 0 Å². The standard InChI is InChI=1S/C26H34ClNO2.ClH/c1-3-4-9-21-18-23(19-22-14-17-30-26(21)22)25(29)12-7-8-15-28(2)16-13-20-10-5-6-11-24(20)27;/h5-6,10-11,18-19H,3-4,7-9,12-17H2,1-2H3;1H. The summed E-state index contributed by atoms with van der Waals surface area (Å²) < 4.78 is 5.82. The summed E-state index contributed by atoms with van der Waals surface area (Å²) in [5, 5.41) is 0.842. The van der Waals surface area contributed by atoms with Gasteiger partial charge >= 0.3 is 0 Å². The van der Waals surface area contributed by atoms with Gasteiger partial charge < -0.3 is 9.64 Å². The van der Waals surface area contributed by atoms with Crippen LogP contribution in [0, 0.1) is 0 Å². The molecule has 1 aliphatic heterocycles. The van der Waals surface area contributed by atoms with Gasteiger partial charge in [-0.3, -0.25) is 4.79 Å². The van der Waals surface area contributed by atoms with Gasteiger partial charge in [0, 0.05) is 30.0 Å². The molecule has 3 rings (SSSR count). The number of hydrogen-bond acceptors (Lipinski definition) is 3. The van der Waals surface area contributed by atoms with Crippen molar-refractivity contribution in [1.82, 2.24) is 4.90 Å². The number of hydrogen-bond donors (Lipinski definition) is 0. The average Bonchev–Trinajstić information content (AvgIpc) is 3.23. The van der Waals surface area contributed by atoms with Crippen molar-refractivity contribution in [2.24, 2.45) is 0 Å². The molecule has 0 unspecified atom stereocenters. The van der Waals surface area contributed by atoms with Crippen molar-refractivity contribution in [3.63, 3.8) is 0 Å². The van der Waals surface area contributed by atoms with Gasteiger partial charge in [-0.2, -0.15) is 0 Å². The van der Waals surface area contributed by atoms with E-state index in [0.717, 1.165) is 81.0 Å². The van der Waals surface area contributed by atoms with Crippen LogP contribution in [0.25, 0.3) is 0 Å². The third kappa shape index (κ3) is 7.52. The third-order valence-corrected chi connectivity index (χ3v) is 6.27. The largest absolute Gasteiger partial charge is 0.493 e. The molecular formula is C26H35Cl2NO2. The monoisotopic (exact) mass is 463 g/mol. The van der Waals surface area contributed by atoms with Crippen molar-refractivity contribution in [2.45, 2.75) is 58.3 Å². The molecule has 0 bridgehead atoms. The first kappa shape index (κ1) is 25.7. The molecule has 0 saturated carbocycles. The summed E-state index contributed by atoms with van der Waals surface area (Å²) >= 11 is 6.24. The molecule has 5 heteroatoms. The zero-order valence-electron chi connectivity index (χ0n) is 18.8. The van der Waals surface area contributed by atoms with Crippen molar-refractivity contribution in [1.29, 1.82) is 0 Å². The minimum absolute atomic E-state index is 0. The van der Waals surface area contributed by atoms with Gasteiger partial charge in [0.05, 0.1) is 6.61 Å². The van der Waals surface area contributed by atoms with E-state index < -0.39 is 0 Å². The maximum atomic E-state index is 12.8. The number of likely N-dealkylation sites (N-methyl/N-ethyl adjacent to an activating group) is 1. The maximum absolute atomic E-state index is 12.8. The second kappa shape index (κ2) is 13.1. The molecule has 0 amide bonds. The van der Waals surface area contributed by atoms with Crippen LogP contribution in [0.15, 0.2) is 36.4 Å². The lowest BCUT2D eigenvalue weighted by atomic mass is 9.96. The van der Waals surface area contributed by atoms with E-state index in [1.807, 2.05) is 18.2 Å². The topological polar surface area (TPSA) is 29.5 Å². The van der Waals surface area contributed by atoms with Gasteiger partial charge in [0.15, 0.2) is 5.78 Å². The smallest absolute Gasteiger partial charge is 0.162 e. The summed E-state index contributed by atoms with van der Waals surface area (Å²) in [6.45, 7) is 4.91. The van der Waals surface area contributed by atoms with E-state index in [4.69, 9.17) is 16.3 Å². The number of Topliss-reactive ketones (excluding diaryl/α,β-unsaturated/α-hetero) is 1. The number of ketones is 1. The van der Waals surface area contributed by atoms with E-state index in [-0.39, 0.29) is 18.2 Å². The van der Waals surface area contributed by atoms with Crippen molar-refractivity contribution in [2.75, 3.05) is 26.7 Å². The molecule has 31 heavy (non-hydrogen) atoms. The predicted molar refractivity (Wildman–Crippen MR) is 132 cm³/mol. The molecule has 3 nitrogen and oxygen atoms in total. The Bertz CT molecular complexity index is 853. The van der Waals surface area contributed by atoms with E-state index in [1.165, 1.54) is 16.7 Å². The molecule has 0 fully saturated rings. The highest BCUT2D eigenvalue weighted by Gasteiger charge is 2.19. The number of aryl methyl sites for hydroxylation is 1. The van der Waals surface area contributed by atoms with Crippen LogP contribution in [-0.2, 0) is 19.3 Å². The third-order valence-electron chi connectivity index (χ3n) is 5.90. The lowest BCUT2D eigenvalue weighted by Gasteiger charge is -2.17. The summed E-state index contributed by atoms with van der Waals surface area (Å²) in [7, 11) is 2.14. The number of carbonyl (C=O) groups excluding carboxylic acids is 1. The molecule has 170 valence electrons. The first-order valence-electron chi connectivity index (χ1n) is 11.3. The van der Waals surface area contributed by atoms with Crippen molar-refractivity contribution in [3.8, 4) is 5.75 Å². The molecule has 0 aromatic heterocycles. The zero-order chi connectivity index (χ0) is 21.3. The molecule has 2 aromatic rings. The molecule has 0 radical (unpaired) electrons. The highest BCUT2D eigenvalue weighted by molar-refractivity contribution is 6.31. The second-order valence-electron chi connectivity index (χ2n) is 8.35. The van der Waals surface area contributed by atoms with Crippen LogP contribution in [0.3, 0.4) is 0 Å². The highest BCUT2D eigenvalue weighted by atomic mass is 35.5. The molecule has 0 N–H and O–H groups in total. The van der Waals surface area contributed by atoms with Crippen LogP contribution in [-0.4, -0.2) is 37.4 Å². The Hall–Kier alpha value is -1.55. The summed E-state index contributed by atoms with van der Waals surface area (Å²) in [6.07, 6.45) is 7.72. The SMILES string of the molecule is CCCCc1cc(C(=O)CCCCN(C)CCc2ccccc2Cl)cc2c1OCC2.Cl. The van der Waals surface area contributed by atoms with Gasteiger partial charge in [0.25, 0.3) is 0 Å². The maximum Gasteiger partial charge on any atom is 0.162 e. The fraction of sp³-hybridized carbons (Fsp3) is 0.500. The Morgan fingerprint density at radius 1 is 1.06 bits per heavy atom. The van der Waals surface area contributed by atoms with Gasteiger partial charge in [-0.15, -0.1) is 12.4 Å². The number of fused-ring (bicyclic) bond motifs is 1. The van der Waals surface area contributed by atoms with Crippen LogP contribution < -0.4 is 4.74 Å². The summed E-state index contributed by atoms with van der Waals surface area (Å²) in [5.41, 5.74) is 4.50. The number of halogens is 2. The van der Waals surface area contributed by atoms with Crippen LogP contribution >= 0.6 is 24.0 Å². The minimum atomic E-state index is 0. The van der Waals surface area contributed by atoms with E-state index in [2.05, 4.69) is 37.1 Å². The molecular weight excluding hydrogens is 429 g/mol. The fourth-order valence-electron chi connectivity index (χ4n) is 4.04. The number of carbonyl (C=O) groups is 1. The molecule has 0 aliphatic carbocycles. The molecule has 2 aromatic carbocycles. The average molecular weight is 464 g/mol. The van der Waals surface area contributed by atoms with Crippen LogP contribution in [0.5, 0.6) is 5.75 Å². The van der Waals surface area contributed by atoms with Crippen LogP contribution in [0.4, 0.5) is 0 Å². The van der Waals surface area contributed by atoms with Gasteiger partial charge in [-0.25, -0.2) is 0 Å². The van der Waals surface area contributed by atoms with E-state index >= 15 is 0 Å². The van der Waals surface area contributed by atoms with Crippen LogP contribution in [0.1, 0.15) is 66.1 Å². The Morgan fingerprint density at radius 2 is 1.87 bits per heavy atom. The Balaban J connectivity index is 0.00000341. The van der Waals surface area contributed by atoms with Crippen molar-refractivity contribution >= 4 is 29.8 Å². The summed E-state index contributed by atoms with van der Waals surface area (Å²) in [5.74, 6) is 1.31. The number of benzene rings is 2. The van der Waals surface area contributed by atoms with Gasteiger partial charge in [0.1, 0.15) is 5.75 Å². The van der Waals surface area contributed by atoms with E-state index in [1.54, 1.807) is 0 Å². The number of nitrogens with zero attached hydrogens (tertiary/aromatic N) is 1. The highest BCUT2D eigenvalue weighted by Crippen LogP contribution is 2.32.